The van der Waals surface area contributed by atoms with Crippen LogP contribution in [0, 0.1) is 0 Å². The van der Waals surface area contributed by atoms with Crippen molar-refractivity contribution in [2.75, 3.05) is 37.7 Å². The molecule has 2 aromatic rings. The number of para-hydroxylation sites is 1. The van der Waals surface area contributed by atoms with Gasteiger partial charge in [-0.15, -0.1) is 0 Å². The van der Waals surface area contributed by atoms with Crippen LogP contribution in [0.1, 0.15) is 24.9 Å². The Hall–Kier alpha value is -3.00. The Morgan fingerprint density at radius 2 is 1.97 bits per heavy atom. The molecule has 1 N–H and O–H groups in total. The number of benzene rings is 1. The molecule has 0 bridgehead atoms. The van der Waals surface area contributed by atoms with Gasteiger partial charge in [-0.05, 0) is 25.1 Å². The number of fused-ring (bicyclic) bond motifs is 1. The lowest BCUT2D eigenvalue weighted by atomic mass is 9.96. The topological polar surface area (TPSA) is 84.0 Å². The number of piperazine rings is 1. The highest BCUT2D eigenvalue weighted by molar-refractivity contribution is 6.32. The summed E-state index contributed by atoms with van der Waals surface area (Å²) in [5.41, 5.74) is 0.857. The molecule has 4 rings (SSSR count). The Labute approximate surface area is 186 Å². The van der Waals surface area contributed by atoms with Gasteiger partial charge in [-0.2, -0.15) is 0 Å². The first-order valence-corrected chi connectivity index (χ1v) is 10.8. The van der Waals surface area contributed by atoms with Crippen LogP contribution in [-0.2, 0) is 9.53 Å². The van der Waals surface area contributed by atoms with Gasteiger partial charge >= 0.3 is 12.0 Å². The van der Waals surface area contributed by atoms with Crippen molar-refractivity contribution >= 4 is 29.4 Å². The van der Waals surface area contributed by atoms with Gasteiger partial charge in [0.05, 0.1) is 17.7 Å². The summed E-state index contributed by atoms with van der Waals surface area (Å²) in [6, 6.07) is 10.5. The lowest BCUT2D eigenvalue weighted by molar-refractivity contribution is -0.152. The van der Waals surface area contributed by atoms with Crippen molar-refractivity contribution in [1.82, 2.24) is 15.2 Å². The minimum Gasteiger partial charge on any atom is -0.478 e. The molecular weight excluding hydrogens is 420 g/mol. The highest BCUT2D eigenvalue weighted by Gasteiger charge is 2.35. The largest absolute Gasteiger partial charge is 0.478 e. The zero-order chi connectivity index (χ0) is 21.8. The second kappa shape index (κ2) is 9.43. The average Bonchev–Trinajstić information content (AvgIpc) is 2.79. The number of esters is 1. The fraction of sp³-hybridized carbons (Fsp3) is 0.409. The molecular formula is C22H25ClN4O4. The van der Waals surface area contributed by atoms with Gasteiger partial charge < -0.3 is 24.6 Å². The van der Waals surface area contributed by atoms with Gasteiger partial charge in [0.2, 0.25) is 0 Å². The molecule has 0 spiro atoms. The summed E-state index contributed by atoms with van der Waals surface area (Å²) in [7, 11) is 0. The normalized spacial score (nSPS) is 20.5. The van der Waals surface area contributed by atoms with Crippen molar-refractivity contribution in [3.63, 3.8) is 0 Å². The minimum absolute atomic E-state index is 0.170. The highest BCUT2D eigenvalue weighted by atomic mass is 35.5. The van der Waals surface area contributed by atoms with Crippen LogP contribution in [0.2, 0.25) is 5.02 Å². The summed E-state index contributed by atoms with van der Waals surface area (Å²) < 4.78 is 10.9. The molecule has 2 aliphatic heterocycles. The number of halogens is 1. The van der Waals surface area contributed by atoms with E-state index >= 15 is 0 Å². The molecule has 8 nitrogen and oxygen atoms in total. The van der Waals surface area contributed by atoms with E-state index in [-0.39, 0.29) is 18.7 Å². The summed E-state index contributed by atoms with van der Waals surface area (Å²) in [6.07, 6.45) is 1.29. The van der Waals surface area contributed by atoms with E-state index in [2.05, 4.69) is 15.2 Å². The molecule has 0 radical (unpaired) electrons. The molecule has 1 saturated heterocycles. The number of urea groups is 1. The van der Waals surface area contributed by atoms with Crippen LogP contribution < -0.4 is 15.0 Å². The zero-order valence-electron chi connectivity index (χ0n) is 17.3. The minimum atomic E-state index is -0.747. The Kier molecular flexibility index (Phi) is 6.46. The summed E-state index contributed by atoms with van der Waals surface area (Å²) >= 11 is 6.25. The number of anilines is 1. The van der Waals surface area contributed by atoms with Crippen molar-refractivity contribution in [3.8, 4) is 5.75 Å². The number of rotatable bonds is 4. The Morgan fingerprint density at radius 3 is 2.71 bits per heavy atom. The number of nitrogens with one attached hydrogen (secondary N) is 1. The van der Waals surface area contributed by atoms with E-state index in [0.717, 1.165) is 11.4 Å². The molecule has 164 valence electrons. The van der Waals surface area contributed by atoms with Crippen LogP contribution in [0.15, 0.2) is 42.6 Å². The molecule has 31 heavy (non-hydrogen) atoms. The summed E-state index contributed by atoms with van der Waals surface area (Å²) in [5.74, 6) is 0.906. The van der Waals surface area contributed by atoms with E-state index in [4.69, 9.17) is 21.1 Å². The molecule has 2 atom stereocenters. The monoisotopic (exact) mass is 444 g/mol. The first kappa shape index (κ1) is 21.2. The van der Waals surface area contributed by atoms with Crippen molar-refractivity contribution in [2.45, 2.75) is 25.5 Å². The van der Waals surface area contributed by atoms with Gasteiger partial charge in [-0.3, -0.25) is 0 Å². The Morgan fingerprint density at radius 1 is 1.19 bits per heavy atom. The molecule has 1 aromatic heterocycles. The van der Waals surface area contributed by atoms with Crippen LogP contribution in [-0.4, -0.2) is 60.8 Å². The first-order chi connectivity index (χ1) is 15.1. The third kappa shape index (κ3) is 4.69. The van der Waals surface area contributed by atoms with Crippen molar-refractivity contribution in [1.29, 1.82) is 0 Å². The lowest BCUT2D eigenvalue weighted by Gasteiger charge is -2.37. The molecule has 2 unspecified atom stereocenters. The Bertz CT molecular complexity index is 949. The smallest absolute Gasteiger partial charge is 0.347 e. The van der Waals surface area contributed by atoms with Gasteiger partial charge in [0, 0.05) is 44.4 Å². The Balaban J connectivity index is 1.41. The van der Waals surface area contributed by atoms with E-state index in [9.17, 15) is 9.59 Å². The second-order valence-electron chi connectivity index (χ2n) is 7.42. The SMILES string of the molecule is CCOC(=O)C1CC(NC(=O)N2CCN(c3ncccc3Cl)CC2)c2ccccc2O1. The molecule has 0 aliphatic carbocycles. The van der Waals surface area contributed by atoms with Crippen LogP contribution in [0.25, 0.3) is 0 Å². The van der Waals surface area contributed by atoms with Crippen LogP contribution in [0.3, 0.4) is 0 Å². The number of hydrogen-bond acceptors (Lipinski definition) is 6. The van der Waals surface area contributed by atoms with E-state index < -0.39 is 12.1 Å². The first-order valence-electron chi connectivity index (χ1n) is 10.4. The number of amides is 2. The predicted octanol–water partition coefficient (Wildman–Crippen LogP) is 3.02. The maximum Gasteiger partial charge on any atom is 0.347 e. The summed E-state index contributed by atoms with van der Waals surface area (Å²) in [5, 5.41) is 3.68. The van der Waals surface area contributed by atoms with Crippen LogP contribution in [0.4, 0.5) is 10.6 Å². The molecule has 2 amide bonds. The molecule has 2 aliphatic rings. The predicted molar refractivity (Wildman–Crippen MR) is 116 cm³/mol. The third-order valence-electron chi connectivity index (χ3n) is 5.47. The van der Waals surface area contributed by atoms with E-state index in [1.807, 2.05) is 24.3 Å². The molecule has 1 fully saturated rings. The number of pyridine rings is 1. The average molecular weight is 445 g/mol. The summed E-state index contributed by atoms with van der Waals surface area (Å²) in [4.78, 5) is 33.4. The standard InChI is InChI=1S/C22H25ClN4O4/c1-2-30-21(28)19-14-17(15-6-3-4-8-18(15)31-19)25-22(29)27-12-10-26(11-13-27)20-16(23)7-5-9-24-20/h3-9,17,19H,2,10-14H2,1H3,(H,25,29). The number of carbonyl (C=O) groups excluding carboxylic acids is 2. The van der Waals surface area contributed by atoms with Crippen LogP contribution in [0.5, 0.6) is 5.75 Å². The number of ether oxygens (including phenoxy) is 2. The maximum absolute atomic E-state index is 13.0. The maximum atomic E-state index is 13.0. The number of hydrogen-bond donors (Lipinski definition) is 1. The van der Waals surface area contributed by atoms with Gasteiger partial charge in [0.1, 0.15) is 11.6 Å². The quantitative estimate of drug-likeness (QED) is 0.730. The lowest BCUT2D eigenvalue weighted by Crippen LogP contribution is -2.53. The number of carbonyl (C=O) groups is 2. The molecule has 1 aromatic carbocycles. The summed E-state index contributed by atoms with van der Waals surface area (Å²) in [6.45, 7) is 4.41. The fourth-order valence-electron chi connectivity index (χ4n) is 3.91. The second-order valence-corrected chi connectivity index (χ2v) is 7.82. The molecule has 0 saturated carbocycles. The highest BCUT2D eigenvalue weighted by Crippen LogP contribution is 2.35. The third-order valence-corrected chi connectivity index (χ3v) is 5.76. The van der Waals surface area contributed by atoms with Crippen molar-refractivity contribution < 1.29 is 19.1 Å². The molecule has 9 heteroatoms. The van der Waals surface area contributed by atoms with E-state index in [0.29, 0.717) is 43.4 Å². The van der Waals surface area contributed by atoms with Gasteiger partial charge in [0.15, 0.2) is 6.10 Å². The van der Waals surface area contributed by atoms with Gasteiger partial charge in [-0.25, -0.2) is 14.6 Å². The zero-order valence-corrected chi connectivity index (χ0v) is 18.0. The van der Waals surface area contributed by atoms with Crippen LogP contribution >= 0.6 is 11.6 Å². The van der Waals surface area contributed by atoms with E-state index in [1.54, 1.807) is 30.2 Å². The number of nitrogens with zero attached hydrogens (tertiary/aromatic N) is 3. The van der Waals surface area contributed by atoms with Gasteiger partial charge in [-0.1, -0.05) is 29.8 Å². The van der Waals surface area contributed by atoms with Crippen molar-refractivity contribution in [2.24, 2.45) is 0 Å². The van der Waals surface area contributed by atoms with E-state index in [1.165, 1.54) is 0 Å². The van der Waals surface area contributed by atoms with Crippen molar-refractivity contribution in [3.05, 3.63) is 53.2 Å². The molecule has 3 heterocycles. The fourth-order valence-corrected chi connectivity index (χ4v) is 4.15. The number of aromatic nitrogens is 1. The van der Waals surface area contributed by atoms with Gasteiger partial charge in [0.25, 0.3) is 0 Å².